The van der Waals surface area contributed by atoms with E-state index < -0.39 is 6.10 Å². The van der Waals surface area contributed by atoms with Crippen molar-refractivity contribution >= 4 is 23.2 Å². The molecule has 3 N–H and O–H groups in total. The van der Waals surface area contributed by atoms with E-state index in [1.54, 1.807) is 25.1 Å². The first-order chi connectivity index (χ1) is 7.54. The molecule has 4 nitrogen and oxygen atoms in total. The summed E-state index contributed by atoms with van der Waals surface area (Å²) in [5, 5.41) is 3.10. The third-order valence-corrected chi connectivity index (χ3v) is 2.29. The molecule has 1 amide bonds. The van der Waals surface area contributed by atoms with Crippen molar-refractivity contribution in [2.24, 2.45) is 0 Å². The summed E-state index contributed by atoms with van der Waals surface area (Å²) in [6.45, 7) is 4.07. The number of ether oxygens (including phenoxy) is 1. The highest BCUT2D eigenvalue weighted by Crippen LogP contribution is 2.27. The van der Waals surface area contributed by atoms with Crippen LogP contribution in [-0.2, 0) is 4.79 Å². The van der Waals surface area contributed by atoms with Crippen molar-refractivity contribution in [2.45, 2.75) is 20.0 Å². The van der Waals surface area contributed by atoms with Crippen LogP contribution in [0.3, 0.4) is 0 Å². The van der Waals surface area contributed by atoms with Crippen LogP contribution >= 0.6 is 11.6 Å². The maximum Gasteiger partial charge on any atom is 0.260 e. The number of hydrogen-bond acceptors (Lipinski definition) is 3. The Bertz CT molecular complexity index is 382. The Morgan fingerprint density at radius 1 is 1.62 bits per heavy atom. The van der Waals surface area contributed by atoms with Crippen molar-refractivity contribution in [1.29, 1.82) is 0 Å². The zero-order valence-electron chi connectivity index (χ0n) is 9.29. The number of nitrogens with one attached hydrogen (secondary N) is 1. The van der Waals surface area contributed by atoms with Crippen LogP contribution in [-0.4, -0.2) is 18.6 Å². The van der Waals surface area contributed by atoms with E-state index in [2.05, 4.69) is 5.32 Å². The Morgan fingerprint density at radius 3 is 2.94 bits per heavy atom. The first kappa shape index (κ1) is 12.6. The van der Waals surface area contributed by atoms with Gasteiger partial charge >= 0.3 is 0 Å². The van der Waals surface area contributed by atoms with E-state index in [4.69, 9.17) is 22.1 Å². The van der Waals surface area contributed by atoms with Gasteiger partial charge in [0.15, 0.2) is 6.10 Å². The summed E-state index contributed by atoms with van der Waals surface area (Å²) in [4.78, 5) is 11.4. The molecule has 0 aromatic heterocycles. The number of benzene rings is 1. The first-order valence-corrected chi connectivity index (χ1v) is 5.41. The molecule has 0 heterocycles. The predicted octanol–water partition coefficient (Wildman–Crippen LogP) is 1.83. The third kappa shape index (κ3) is 3.31. The minimum Gasteiger partial charge on any atom is -0.479 e. The number of carbonyl (C=O) groups excluding carboxylic acids is 1. The number of amides is 1. The fraction of sp³-hybridized carbons (Fsp3) is 0.364. The molecule has 0 aliphatic rings. The molecule has 5 heteroatoms. The van der Waals surface area contributed by atoms with Crippen LogP contribution in [0.2, 0.25) is 5.02 Å². The summed E-state index contributed by atoms with van der Waals surface area (Å²) in [7, 11) is 0. The van der Waals surface area contributed by atoms with E-state index in [1.165, 1.54) is 0 Å². The summed E-state index contributed by atoms with van der Waals surface area (Å²) in [5.74, 6) is 0.237. The molecule has 0 aliphatic carbocycles. The molecule has 0 aliphatic heterocycles. The lowest BCUT2D eigenvalue weighted by Gasteiger charge is -2.15. The highest BCUT2D eigenvalue weighted by Gasteiger charge is 2.15. The van der Waals surface area contributed by atoms with E-state index in [9.17, 15) is 4.79 Å². The molecule has 1 aromatic rings. The Kier molecular flexibility index (Phi) is 4.43. The van der Waals surface area contributed by atoms with Gasteiger partial charge < -0.3 is 15.8 Å². The second kappa shape index (κ2) is 5.61. The normalized spacial score (nSPS) is 11.9. The SMILES string of the molecule is CCNC(=O)C(C)Oc1cc(N)ccc1Cl. The van der Waals surface area contributed by atoms with Gasteiger partial charge in [0.1, 0.15) is 5.75 Å². The van der Waals surface area contributed by atoms with Crippen LogP contribution in [0.1, 0.15) is 13.8 Å². The summed E-state index contributed by atoms with van der Waals surface area (Å²) < 4.78 is 5.42. The maximum absolute atomic E-state index is 11.4. The van der Waals surface area contributed by atoms with Gasteiger partial charge in [-0.1, -0.05) is 11.6 Å². The van der Waals surface area contributed by atoms with Crippen LogP contribution in [0.5, 0.6) is 5.75 Å². The lowest BCUT2D eigenvalue weighted by molar-refractivity contribution is -0.127. The van der Waals surface area contributed by atoms with Crippen LogP contribution in [0.15, 0.2) is 18.2 Å². The number of nitrogen functional groups attached to an aromatic ring is 1. The second-order valence-electron chi connectivity index (χ2n) is 3.34. The third-order valence-electron chi connectivity index (χ3n) is 1.98. The molecule has 0 bridgehead atoms. The van der Waals surface area contributed by atoms with Crippen LogP contribution < -0.4 is 15.8 Å². The van der Waals surface area contributed by atoms with Crippen molar-refractivity contribution in [3.63, 3.8) is 0 Å². The molecule has 0 fully saturated rings. The number of likely N-dealkylation sites (N-methyl/N-ethyl adjacent to an activating group) is 1. The molecule has 0 radical (unpaired) electrons. The van der Waals surface area contributed by atoms with E-state index in [1.807, 2.05) is 6.92 Å². The Balaban J connectivity index is 2.72. The number of rotatable bonds is 4. The van der Waals surface area contributed by atoms with Crippen molar-refractivity contribution in [3.8, 4) is 5.75 Å². The highest BCUT2D eigenvalue weighted by atomic mass is 35.5. The monoisotopic (exact) mass is 242 g/mol. The predicted molar refractivity (Wildman–Crippen MR) is 64.6 cm³/mol. The summed E-state index contributed by atoms with van der Waals surface area (Å²) in [5.41, 5.74) is 6.14. The molecule has 16 heavy (non-hydrogen) atoms. The van der Waals surface area contributed by atoms with Gasteiger partial charge in [0.25, 0.3) is 5.91 Å². The zero-order valence-corrected chi connectivity index (χ0v) is 10.0. The molecule has 0 saturated carbocycles. The van der Waals surface area contributed by atoms with E-state index in [-0.39, 0.29) is 5.91 Å². The Morgan fingerprint density at radius 2 is 2.31 bits per heavy atom. The smallest absolute Gasteiger partial charge is 0.260 e. The molecule has 1 aromatic carbocycles. The molecular formula is C11H15ClN2O2. The largest absolute Gasteiger partial charge is 0.479 e. The van der Waals surface area contributed by atoms with Gasteiger partial charge in [0, 0.05) is 18.3 Å². The summed E-state index contributed by atoms with van der Waals surface area (Å²) in [6.07, 6.45) is -0.598. The quantitative estimate of drug-likeness (QED) is 0.792. The molecule has 0 saturated heterocycles. The fourth-order valence-electron chi connectivity index (χ4n) is 1.17. The van der Waals surface area contributed by atoms with Crippen molar-refractivity contribution < 1.29 is 9.53 Å². The highest BCUT2D eigenvalue weighted by molar-refractivity contribution is 6.32. The maximum atomic E-state index is 11.4. The molecule has 1 unspecified atom stereocenters. The number of hydrogen-bond donors (Lipinski definition) is 2. The van der Waals surface area contributed by atoms with Gasteiger partial charge in [-0.15, -0.1) is 0 Å². The van der Waals surface area contributed by atoms with Gasteiger partial charge in [0.2, 0.25) is 0 Å². The van der Waals surface area contributed by atoms with Crippen LogP contribution in [0.25, 0.3) is 0 Å². The summed E-state index contributed by atoms with van der Waals surface area (Å²) in [6, 6.07) is 4.90. The lowest BCUT2D eigenvalue weighted by atomic mass is 10.3. The molecule has 0 spiro atoms. The number of nitrogens with two attached hydrogens (primary N) is 1. The van der Waals surface area contributed by atoms with Gasteiger partial charge in [-0.2, -0.15) is 0 Å². The molecular weight excluding hydrogens is 228 g/mol. The fourth-order valence-corrected chi connectivity index (χ4v) is 1.33. The van der Waals surface area contributed by atoms with Gasteiger partial charge in [-0.05, 0) is 26.0 Å². The average Bonchev–Trinajstić information content (AvgIpc) is 2.23. The van der Waals surface area contributed by atoms with Crippen LogP contribution in [0, 0.1) is 0 Å². The van der Waals surface area contributed by atoms with E-state index in [0.717, 1.165) is 0 Å². The van der Waals surface area contributed by atoms with E-state index in [0.29, 0.717) is 23.0 Å². The number of carbonyl (C=O) groups is 1. The van der Waals surface area contributed by atoms with Crippen LogP contribution in [0.4, 0.5) is 5.69 Å². The lowest BCUT2D eigenvalue weighted by Crippen LogP contribution is -2.36. The topological polar surface area (TPSA) is 64.3 Å². The van der Waals surface area contributed by atoms with Gasteiger partial charge in [0.05, 0.1) is 5.02 Å². The first-order valence-electron chi connectivity index (χ1n) is 5.04. The minimum atomic E-state index is -0.598. The molecule has 88 valence electrons. The van der Waals surface area contributed by atoms with Gasteiger partial charge in [-0.3, -0.25) is 4.79 Å². The molecule has 1 atom stereocenters. The van der Waals surface area contributed by atoms with Crippen molar-refractivity contribution in [2.75, 3.05) is 12.3 Å². The van der Waals surface area contributed by atoms with E-state index >= 15 is 0 Å². The number of anilines is 1. The zero-order chi connectivity index (χ0) is 12.1. The van der Waals surface area contributed by atoms with Crippen molar-refractivity contribution in [1.82, 2.24) is 5.32 Å². The average molecular weight is 243 g/mol. The Labute approximate surface area is 99.7 Å². The minimum absolute atomic E-state index is 0.180. The second-order valence-corrected chi connectivity index (χ2v) is 3.75. The molecule has 1 rings (SSSR count). The standard InChI is InChI=1S/C11H15ClN2O2/c1-3-14-11(15)7(2)16-10-6-8(13)4-5-9(10)12/h4-7H,3,13H2,1-2H3,(H,14,15). The summed E-state index contributed by atoms with van der Waals surface area (Å²) >= 11 is 5.91. The van der Waals surface area contributed by atoms with Crippen molar-refractivity contribution in [3.05, 3.63) is 23.2 Å². The van der Waals surface area contributed by atoms with Gasteiger partial charge in [-0.25, -0.2) is 0 Å². The number of halogens is 1. The Hall–Kier alpha value is -1.42.